The number of hydrogen-bond acceptors (Lipinski definition) is 6. The van der Waals surface area contributed by atoms with Crippen molar-refractivity contribution in [3.05, 3.63) is 82.7 Å². The Morgan fingerprint density at radius 1 is 1.13 bits per heavy atom. The van der Waals surface area contributed by atoms with Gasteiger partial charge in [0.15, 0.2) is 11.3 Å². The van der Waals surface area contributed by atoms with Crippen LogP contribution in [-0.2, 0) is 19.6 Å². The molecule has 5 rings (SSSR count). The lowest BCUT2D eigenvalue weighted by atomic mass is 10.1. The van der Waals surface area contributed by atoms with E-state index in [9.17, 15) is 4.79 Å². The number of carbonyl (C=O) groups excluding carboxylic acids is 1. The van der Waals surface area contributed by atoms with Gasteiger partial charge in [-0.25, -0.2) is 19.5 Å². The monoisotopic (exact) mass is 399 g/mol. The maximum absolute atomic E-state index is 12.5. The number of nitrogens with one attached hydrogen (secondary N) is 1. The van der Waals surface area contributed by atoms with E-state index in [2.05, 4.69) is 48.5 Å². The molecule has 1 aliphatic heterocycles. The maximum Gasteiger partial charge on any atom is 0.272 e. The average Bonchev–Trinajstić information content (AvgIpc) is 3.37. The van der Waals surface area contributed by atoms with Gasteiger partial charge in [0.2, 0.25) is 0 Å². The molecule has 0 fully saturated rings. The van der Waals surface area contributed by atoms with Gasteiger partial charge in [-0.1, -0.05) is 18.2 Å². The molecule has 0 spiro atoms. The van der Waals surface area contributed by atoms with Crippen LogP contribution in [0.3, 0.4) is 0 Å². The van der Waals surface area contributed by atoms with E-state index in [-0.39, 0.29) is 5.91 Å². The van der Waals surface area contributed by atoms with Crippen LogP contribution in [0.25, 0.3) is 5.65 Å². The molecule has 0 radical (unpaired) electrons. The minimum Gasteiger partial charge on any atom is -0.348 e. The molecule has 1 aromatic carbocycles. The van der Waals surface area contributed by atoms with Crippen molar-refractivity contribution in [1.82, 2.24) is 29.9 Å². The molecule has 4 heterocycles. The summed E-state index contributed by atoms with van der Waals surface area (Å²) in [5, 5.41) is 7.22. The van der Waals surface area contributed by atoms with Gasteiger partial charge in [-0.3, -0.25) is 4.79 Å². The highest BCUT2D eigenvalue weighted by molar-refractivity contribution is 5.93. The van der Waals surface area contributed by atoms with E-state index in [4.69, 9.17) is 0 Å². The molecule has 0 atom stereocenters. The smallest absolute Gasteiger partial charge is 0.272 e. The molecule has 4 aromatic rings. The topological polar surface area (TPSA) is 88.3 Å². The van der Waals surface area contributed by atoms with Crippen LogP contribution in [0, 0.1) is 13.8 Å². The van der Waals surface area contributed by atoms with Crippen molar-refractivity contribution in [3.8, 4) is 0 Å². The van der Waals surface area contributed by atoms with E-state index in [1.807, 2.05) is 20.0 Å². The predicted molar refractivity (Wildman–Crippen MR) is 112 cm³/mol. The lowest BCUT2D eigenvalue weighted by molar-refractivity contribution is 0.0945. The van der Waals surface area contributed by atoms with Crippen molar-refractivity contribution in [2.75, 3.05) is 4.90 Å². The Balaban J connectivity index is 1.28. The number of aromatic nitrogens is 5. The Morgan fingerprint density at radius 3 is 2.87 bits per heavy atom. The molecule has 1 amide bonds. The third-order valence-corrected chi connectivity index (χ3v) is 5.28. The second-order valence-corrected chi connectivity index (χ2v) is 7.52. The number of amides is 1. The van der Waals surface area contributed by atoms with Crippen molar-refractivity contribution < 1.29 is 4.79 Å². The summed E-state index contributed by atoms with van der Waals surface area (Å²) in [6.45, 7) is 6.01. The average molecular weight is 399 g/mol. The number of fused-ring (bicyclic) bond motifs is 2. The van der Waals surface area contributed by atoms with Crippen LogP contribution in [0.4, 0.5) is 5.82 Å². The largest absolute Gasteiger partial charge is 0.348 e. The normalized spacial score (nSPS) is 12.9. The first-order chi connectivity index (χ1) is 14.6. The van der Waals surface area contributed by atoms with Gasteiger partial charge in [0.1, 0.15) is 11.6 Å². The van der Waals surface area contributed by atoms with Crippen LogP contribution in [0.15, 0.2) is 48.9 Å². The molecular formula is C22H21N7O. The predicted octanol–water partition coefficient (Wildman–Crippen LogP) is 2.59. The van der Waals surface area contributed by atoms with E-state index < -0.39 is 0 Å². The first-order valence-electron chi connectivity index (χ1n) is 9.81. The van der Waals surface area contributed by atoms with E-state index in [1.165, 1.54) is 11.1 Å². The van der Waals surface area contributed by atoms with Gasteiger partial charge in [0.25, 0.3) is 5.91 Å². The van der Waals surface area contributed by atoms with E-state index in [1.54, 1.807) is 29.0 Å². The fraction of sp³-hybridized carbons (Fsp3) is 0.227. The molecular weight excluding hydrogens is 378 g/mol. The SMILES string of the molecule is Cc1ncc(C)c(N2Cc3ccc(CNC(=O)c4cc5ncccn5n4)cc3C2)n1. The van der Waals surface area contributed by atoms with Gasteiger partial charge in [-0.15, -0.1) is 0 Å². The van der Waals surface area contributed by atoms with Gasteiger partial charge in [-0.2, -0.15) is 5.10 Å². The van der Waals surface area contributed by atoms with Gasteiger partial charge in [0.05, 0.1) is 0 Å². The van der Waals surface area contributed by atoms with Gasteiger partial charge >= 0.3 is 0 Å². The number of benzene rings is 1. The van der Waals surface area contributed by atoms with Crippen LogP contribution in [0.1, 0.15) is 38.6 Å². The zero-order valence-corrected chi connectivity index (χ0v) is 16.8. The second kappa shape index (κ2) is 7.22. The van der Waals surface area contributed by atoms with Crippen LogP contribution in [-0.4, -0.2) is 30.5 Å². The Labute approximate surface area is 173 Å². The lowest BCUT2D eigenvalue weighted by Crippen LogP contribution is -2.23. The first-order valence-corrected chi connectivity index (χ1v) is 9.81. The van der Waals surface area contributed by atoms with Crippen LogP contribution in [0.2, 0.25) is 0 Å². The molecule has 0 aliphatic carbocycles. The molecule has 3 aromatic heterocycles. The molecule has 8 nitrogen and oxygen atoms in total. The van der Waals surface area contributed by atoms with Crippen LogP contribution >= 0.6 is 0 Å². The number of carbonyl (C=O) groups is 1. The summed E-state index contributed by atoms with van der Waals surface area (Å²) in [6, 6.07) is 9.81. The highest BCUT2D eigenvalue weighted by Crippen LogP contribution is 2.29. The summed E-state index contributed by atoms with van der Waals surface area (Å²) in [6.07, 6.45) is 5.32. The standard InChI is InChI=1S/C22H21N7O/c1-14-10-24-15(2)26-21(14)28-12-17-5-4-16(8-18(17)13-28)11-25-22(30)19-9-20-23-6-3-7-29(20)27-19/h3-10H,11-13H2,1-2H3,(H,25,30). The van der Waals surface area contributed by atoms with Crippen molar-refractivity contribution in [2.24, 2.45) is 0 Å². The molecule has 150 valence electrons. The van der Waals surface area contributed by atoms with Crippen molar-refractivity contribution in [3.63, 3.8) is 0 Å². The van der Waals surface area contributed by atoms with E-state index >= 15 is 0 Å². The minimum atomic E-state index is -0.213. The van der Waals surface area contributed by atoms with E-state index in [0.717, 1.165) is 35.9 Å². The molecule has 30 heavy (non-hydrogen) atoms. The number of aryl methyl sites for hydroxylation is 2. The van der Waals surface area contributed by atoms with Gasteiger partial charge in [-0.05, 0) is 36.6 Å². The van der Waals surface area contributed by atoms with Crippen LogP contribution < -0.4 is 10.2 Å². The van der Waals surface area contributed by atoms with Gasteiger partial charge < -0.3 is 10.2 Å². The zero-order chi connectivity index (χ0) is 20.7. The van der Waals surface area contributed by atoms with Crippen molar-refractivity contribution in [1.29, 1.82) is 0 Å². The maximum atomic E-state index is 12.5. The lowest BCUT2D eigenvalue weighted by Gasteiger charge is -2.18. The summed E-state index contributed by atoms with van der Waals surface area (Å²) in [7, 11) is 0. The molecule has 0 bridgehead atoms. The molecule has 1 N–H and O–H groups in total. The molecule has 0 saturated heterocycles. The Bertz CT molecular complexity index is 1230. The molecule has 0 unspecified atom stereocenters. The molecule has 8 heteroatoms. The highest BCUT2D eigenvalue weighted by atomic mass is 16.1. The zero-order valence-electron chi connectivity index (χ0n) is 16.8. The van der Waals surface area contributed by atoms with Gasteiger partial charge in [0, 0.05) is 49.9 Å². The van der Waals surface area contributed by atoms with E-state index in [0.29, 0.717) is 17.9 Å². The van der Waals surface area contributed by atoms with Crippen molar-refractivity contribution in [2.45, 2.75) is 33.5 Å². The second-order valence-electron chi connectivity index (χ2n) is 7.52. The number of hydrogen-bond donors (Lipinski definition) is 1. The Kier molecular flexibility index (Phi) is 4.39. The molecule has 1 aliphatic rings. The Morgan fingerprint density at radius 2 is 2.00 bits per heavy atom. The van der Waals surface area contributed by atoms with Crippen molar-refractivity contribution >= 4 is 17.4 Å². The van der Waals surface area contributed by atoms with Crippen LogP contribution in [0.5, 0.6) is 0 Å². The number of nitrogens with zero attached hydrogens (tertiary/aromatic N) is 6. The highest BCUT2D eigenvalue weighted by Gasteiger charge is 2.22. The Hall–Kier alpha value is -3.81. The number of rotatable bonds is 4. The third kappa shape index (κ3) is 3.36. The minimum absolute atomic E-state index is 0.213. The summed E-state index contributed by atoms with van der Waals surface area (Å²) in [5.74, 6) is 1.54. The fourth-order valence-electron chi connectivity index (χ4n) is 3.76. The number of anilines is 1. The summed E-state index contributed by atoms with van der Waals surface area (Å²) in [4.78, 5) is 27.8. The summed E-state index contributed by atoms with van der Waals surface area (Å²) >= 11 is 0. The summed E-state index contributed by atoms with van der Waals surface area (Å²) in [5.41, 5.74) is 5.68. The quantitative estimate of drug-likeness (QED) is 0.567. The summed E-state index contributed by atoms with van der Waals surface area (Å²) < 4.78 is 1.59. The third-order valence-electron chi connectivity index (χ3n) is 5.28. The fourth-order valence-corrected chi connectivity index (χ4v) is 3.76. The molecule has 0 saturated carbocycles. The first kappa shape index (κ1) is 18.2.